The van der Waals surface area contributed by atoms with Crippen LogP contribution in [-0.2, 0) is 10.0 Å². The van der Waals surface area contributed by atoms with Crippen molar-refractivity contribution in [2.45, 2.75) is 24.7 Å². The van der Waals surface area contributed by atoms with Crippen LogP contribution in [0.15, 0.2) is 28.1 Å². The summed E-state index contributed by atoms with van der Waals surface area (Å²) in [4.78, 5) is 6.59. The van der Waals surface area contributed by atoms with Gasteiger partial charge in [0.05, 0.1) is 5.69 Å². The van der Waals surface area contributed by atoms with Crippen LogP contribution in [0.1, 0.15) is 19.8 Å². The molecule has 0 radical (unpaired) electrons. The highest BCUT2D eigenvalue weighted by atomic mass is 32.2. The second-order valence-corrected chi connectivity index (χ2v) is 6.58. The normalized spacial score (nSPS) is 22.2. The topological polar surface area (TPSA) is 73.8 Å². The van der Waals surface area contributed by atoms with Crippen molar-refractivity contribution in [3.8, 4) is 0 Å². The number of anilines is 2. The number of guanidine groups is 1. The smallest absolute Gasteiger partial charge is 0.266 e. The summed E-state index contributed by atoms with van der Waals surface area (Å²) in [6, 6.07) is 5.51. The van der Waals surface area contributed by atoms with E-state index in [1.54, 1.807) is 6.07 Å². The monoisotopic (exact) mass is 294 g/mol. The number of fused-ring (bicyclic) bond motifs is 1. The maximum atomic E-state index is 12.3. The Labute approximate surface area is 118 Å². The molecule has 0 aliphatic carbocycles. The first-order chi connectivity index (χ1) is 9.60. The van der Waals surface area contributed by atoms with E-state index in [4.69, 9.17) is 0 Å². The Morgan fingerprint density at radius 2 is 2.05 bits per heavy atom. The van der Waals surface area contributed by atoms with E-state index in [0.717, 1.165) is 31.6 Å². The van der Waals surface area contributed by atoms with Gasteiger partial charge in [0.2, 0.25) is 5.96 Å². The minimum Gasteiger partial charge on any atom is -0.371 e. The molecule has 0 aromatic heterocycles. The molecule has 0 saturated carbocycles. The second kappa shape index (κ2) is 4.97. The van der Waals surface area contributed by atoms with Crippen molar-refractivity contribution < 1.29 is 8.42 Å². The van der Waals surface area contributed by atoms with E-state index in [9.17, 15) is 8.42 Å². The van der Waals surface area contributed by atoms with E-state index >= 15 is 0 Å². The Hall–Kier alpha value is -1.76. The highest BCUT2D eigenvalue weighted by Crippen LogP contribution is 2.30. The first kappa shape index (κ1) is 13.2. The molecule has 20 heavy (non-hydrogen) atoms. The van der Waals surface area contributed by atoms with Crippen LogP contribution in [0.5, 0.6) is 0 Å². The molecule has 0 atom stereocenters. The molecular formula is C13H18N4O2S. The Morgan fingerprint density at radius 3 is 2.75 bits per heavy atom. The van der Waals surface area contributed by atoms with Crippen molar-refractivity contribution in [3.05, 3.63) is 18.2 Å². The Balaban J connectivity index is 2.01. The molecule has 0 unspecified atom stereocenters. The minimum absolute atomic E-state index is 0.286. The molecule has 2 aliphatic rings. The van der Waals surface area contributed by atoms with Gasteiger partial charge in [-0.1, -0.05) is 0 Å². The molecule has 6 nitrogen and oxygen atoms in total. The number of benzene rings is 1. The summed E-state index contributed by atoms with van der Waals surface area (Å²) in [6.45, 7) is 4.35. The Kier molecular flexibility index (Phi) is 3.29. The molecule has 2 aliphatic heterocycles. The fourth-order valence-corrected chi connectivity index (χ4v) is 3.74. The van der Waals surface area contributed by atoms with Gasteiger partial charge < -0.3 is 10.2 Å². The summed E-state index contributed by atoms with van der Waals surface area (Å²) in [5.74, 6) is 0.286. The summed E-state index contributed by atoms with van der Waals surface area (Å²) in [5, 5.41) is 3.01. The van der Waals surface area contributed by atoms with E-state index in [1.165, 1.54) is 0 Å². The van der Waals surface area contributed by atoms with Crippen LogP contribution >= 0.6 is 0 Å². The SMILES string of the molecule is CCN=C1Nc2ccc(N3CCCC3)cc2S(=O)(=O)N1. The summed E-state index contributed by atoms with van der Waals surface area (Å²) in [6.07, 6.45) is 2.32. The van der Waals surface area contributed by atoms with Gasteiger partial charge in [0.15, 0.2) is 0 Å². The van der Waals surface area contributed by atoms with Crippen LogP contribution in [0.2, 0.25) is 0 Å². The fraction of sp³-hybridized carbons (Fsp3) is 0.462. The average Bonchev–Trinajstić information content (AvgIpc) is 2.92. The van der Waals surface area contributed by atoms with Gasteiger partial charge in [-0.3, -0.25) is 4.99 Å². The van der Waals surface area contributed by atoms with Crippen molar-refractivity contribution in [3.63, 3.8) is 0 Å². The third-order valence-electron chi connectivity index (χ3n) is 3.53. The van der Waals surface area contributed by atoms with Crippen LogP contribution in [0, 0.1) is 0 Å². The lowest BCUT2D eigenvalue weighted by atomic mass is 10.2. The molecule has 1 saturated heterocycles. The summed E-state index contributed by atoms with van der Waals surface area (Å²) >= 11 is 0. The number of hydrogen-bond donors (Lipinski definition) is 2. The standard InChI is InChI=1S/C13H18N4O2S/c1-2-14-13-15-11-6-5-10(17-7-3-4-8-17)9-12(11)20(18,19)16-13/h5-6,9H,2-4,7-8H2,1H3,(H2,14,15,16). The van der Waals surface area contributed by atoms with Gasteiger partial charge in [0, 0.05) is 25.3 Å². The van der Waals surface area contributed by atoms with Crippen LogP contribution in [0.4, 0.5) is 11.4 Å². The Bertz CT molecular complexity index is 648. The van der Waals surface area contributed by atoms with E-state index in [1.807, 2.05) is 19.1 Å². The van der Waals surface area contributed by atoms with Crippen LogP contribution in [0.3, 0.4) is 0 Å². The number of hydrogen-bond acceptors (Lipinski definition) is 4. The first-order valence-corrected chi connectivity index (χ1v) is 8.32. The zero-order valence-electron chi connectivity index (χ0n) is 11.4. The lowest BCUT2D eigenvalue weighted by molar-refractivity contribution is 0.591. The van der Waals surface area contributed by atoms with Gasteiger partial charge in [0.1, 0.15) is 4.90 Å². The first-order valence-electron chi connectivity index (χ1n) is 6.83. The number of aliphatic imine (C=N–C) groups is 1. The zero-order chi connectivity index (χ0) is 14.2. The molecule has 7 heteroatoms. The highest BCUT2D eigenvalue weighted by molar-refractivity contribution is 7.90. The maximum absolute atomic E-state index is 12.3. The lowest BCUT2D eigenvalue weighted by Gasteiger charge is -2.24. The van der Waals surface area contributed by atoms with Crippen molar-refractivity contribution in [1.29, 1.82) is 0 Å². The van der Waals surface area contributed by atoms with Crippen molar-refractivity contribution in [2.75, 3.05) is 29.9 Å². The van der Waals surface area contributed by atoms with Gasteiger partial charge in [-0.25, -0.2) is 13.1 Å². The highest BCUT2D eigenvalue weighted by Gasteiger charge is 2.27. The van der Waals surface area contributed by atoms with Crippen molar-refractivity contribution in [1.82, 2.24) is 4.72 Å². The predicted molar refractivity (Wildman–Crippen MR) is 79.8 cm³/mol. The lowest BCUT2D eigenvalue weighted by Crippen LogP contribution is -2.41. The summed E-state index contributed by atoms with van der Waals surface area (Å²) in [7, 11) is -3.54. The van der Waals surface area contributed by atoms with E-state index < -0.39 is 10.0 Å². The molecule has 0 bridgehead atoms. The van der Waals surface area contributed by atoms with Crippen molar-refractivity contribution >= 4 is 27.4 Å². The molecule has 0 spiro atoms. The third-order valence-corrected chi connectivity index (χ3v) is 4.91. The zero-order valence-corrected chi connectivity index (χ0v) is 12.2. The van der Waals surface area contributed by atoms with Crippen LogP contribution in [0.25, 0.3) is 0 Å². The van der Waals surface area contributed by atoms with Gasteiger partial charge in [-0.2, -0.15) is 0 Å². The molecule has 1 fully saturated rings. The maximum Gasteiger partial charge on any atom is 0.266 e. The quantitative estimate of drug-likeness (QED) is 0.864. The molecule has 108 valence electrons. The molecule has 1 aromatic rings. The molecule has 2 heterocycles. The summed E-state index contributed by atoms with van der Waals surface area (Å²) in [5.41, 5.74) is 1.54. The molecule has 1 aromatic carbocycles. The second-order valence-electron chi connectivity index (χ2n) is 4.93. The van der Waals surface area contributed by atoms with Gasteiger partial charge in [-0.15, -0.1) is 0 Å². The van der Waals surface area contributed by atoms with Gasteiger partial charge >= 0.3 is 0 Å². The minimum atomic E-state index is -3.54. The molecule has 3 rings (SSSR count). The predicted octanol–water partition coefficient (Wildman–Crippen LogP) is 1.37. The van der Waals surface area contributed by atoms with Gasteiger partial charge in [0.25, 0.3) is 10.0 Å². The molecule has 2 N–H and O–H groups in total. The van der Waals surface area contributed by atoms with E-state index in [0.29, 0.717) is 12.2 Å². The number of nitrogens with one attached hydrogen (secondary N) is 2. The van der Waals surface area contributed by atoms with E-state index in [2.05, 4.69) is 19.9 Å². The van der Waals surface area contributed by atoms with Gasteiger partial charge in [-0.05, 0) is 38.0 Å². The fourth-order valence-electron chi connectivity index (χ4n) is 2.57. The number of rotatable bonds is 2. The van der Waals surface area contributed by atoms with Crippen LogP contribution in [-0.4, -0.2) is 34.0 Å². The number of sulfonamides is 1. The molecular weight excluding hydrogens is 276 g/mol. The third kappa shape index (κ3) is 2.33. The largest absolute Gasteiger partial charge is 0.371 e. The Morgan fingerprint density at radius 1 is 1.30 bits per heavy atom. The van der Waals surface area contributed by atoms with E-state index in [-0.39, 0.29) is 10.9 Å². The summed E-state index contributed by atoms with van der Waals surface area (Å²) < 4.78 is 27.0. The molecule has 0 amide bonds. The van der Waals surface area contributed by atoms with Crippen molar-refractivity contribution in [2.24, 2.45) is 4.99 Å². The average molecular weight is 294 g/mol. The number of nitrogens with zero attached hydrogens (tertiary/aromatic N) is 2. The van der Waals surface area contributed by atoms with Crippen LogP contribution < -0.4 is 14.9 Å².